The second-order valence-corrected chi connectivity index (χ2v) is 5.02. The van der Waals surface area contributed by atoms with Crippen LogP contribution in [-0.4, -0.2) is 49.2 Å². The first-order chi connectivity index (χ1) is 8.58. The van der Waals surface area contributed by atoms with Gasteiger partial charge in [-0.05, 0) is 50.7 Å². The molecule has 0 aromatic heterocycles. The monoisotopic (exact) mass is 248 g/mol. The first-order valence-electron chi connectivity index (χ1n) is 6.32. The van der Waals surface area contributed by atoms with E-state index in [2.05, 4.69) is 23.9 Å². The molecule has 98 valence electrons. The van der Waals surface area contributed by atoms with Crippen LogP contribution in [0.2, 0.25) is 0 Å². The van der Waals surface area contributed by atoms with Gasteiger partial charge in [-0.2, -0.15) is 0 Å². The van der Waals surface area contributed by atoms with E-state index in [1.165, 1.54) is 19.4 Å². The lowest BCUT2D eigenvalue weighted by atomic mass is 10.0. The summed E-state index contributed by atoms with van der Waals surface area (Å²) in [4.78, 5) is 15.4. The van der Waals surface area contributed by atoms with Crippen LogP contribution in [0, 0.1) is 0 Å². The Bertz CT molecular complexity index is 416. The van der Waals surface area contributed by atoms with Crippen molar-refractivity contribution >= 4 is 11.7 Å². The number of hydrogen-bond acceptors (Lipinski definition) is 3. The smallest absolute Gasteiger partial charge is 0.335 e. The number of carboxylic acids is 1. The highest BCUT2D eigenvalue weighted by Crippen LogP contribution is 2.21. The van der Waals surface area contributed by atoms with Gasteiger partial charge in [0.25, 0.3) is 0 Å². The molecule has 0 radical (unpaired) electrons. The standard InChI is InChI=1S/C14H20N2O2/c1-15-9-3-4-13(10-15)16(2)12-7-5-11(6-8-12)14(17)18/h5-8,13H,3-4,9-10H2,1-2H3,(H,17,18). The van der Waals surface area contributed by atoms with E-state index < -0.39 is 5.97 Å². The van der Waals surface area contributed by atoms with Gasteiger partial charge in [0, 0.05) is 25.3 Å². The first-order valence-corrected chi connectivity index (χ1v) is 6.32. The van der Waals surface area contributed by atoms with E-state index in [0.717, 1.165) is 12.2 Å². The second-order valence-electron chi connectivity index (χ2n) is 5.02. The van der Waals surface area contributed by atoms with Crippen molar-refractivity contribution in [3.05, 3.63) is 29.8 Å². The molecule has 0 saturated carbocycles. The Morgan fingerprint density at radius 1 is 1.39 bits per heavy atom. The van der Waals surface area contributed by atoms with Crippen molar-refractivity contribution in [2.45, 2.75) is 18.9 Å². The van der Waals surface area contributed by atoms with Crippen LogP contribution in [0.3, 0.4) is 0 Å². The van der Waals surface area contributed by atoms with Gasteiger partial charge in [-0.25, -0.2) is 4.79 Å². The number of aromatic carboxylic acids is 1. The zero-order chi connectivity index (χ0) is 13.1. The summed E-state index contributed by atoms with van der Waals surface area (Å²) in [5.74, 6) is -0.874. The lowest BCUT2D eigenvalue weighted by molar-refractivity contribution is 0.0697. The number of rotatable bonds is 3. The molecule has 0 aliphatic carbocycles. The van der Waals surface area contributed by atoms with E-state index in [-0.39, 0.29) is 0 Å². The molecule has 1 aliphatic rings. The van der Waals surface area contributed by atoms with Crippen LogP contribution in [0.15, 0.2) is 24.3 Å². The van der Waals surface area contributed by atoms with Crippen LogP contribution < -0.4 is 4.90 Å². The quantitative estimate of drug-likeness (QED) is 0.887. The summed E-state index contributed by atoms with van der Waals surface area (Å²) in [5.41, 5.74) is 1.42. The molecular weight excluding hydrogens is 228 g/mol. The number of carbonyl (C=O) groups is 1. The summed E-state index contributed by atoms with van der Waals surface area (Å²) in [6.45, 7) is 2.24. The summed E-state index contributed by atoms with van der Waals surface area (Å²) in [6, 6.07) is 7.62. The number of anilines is 1. The Labute approximate surface area is 108 Å². The topological polar surface area (TPSA) is 43.8 Å². The fourth-order valence-electron chi connectivity index (χ4n) is 2.51. The summed E-state index contributed by atoms with van der Waals surface area (Å²) >= 11 is 0. The molecule has 4 nitrogen and oxygen atoms in total. The highest BCUT2D eigenvalue weighted by Gasteiger charge is 2.21. The Kier molecular flexibility index (Phi) is 3.87. The van der Waals surface area contributed by atoms with Gasteiger partial charge in [0.15, 0.2) is 0 Å². The molecule has 0 spiro atoms. The van der Waals surface area contributed by atoms with Gasteiger partial charge in [0.05, 0.1) is 5.56 Å². The number of nitrogens with zero attached hydrogens (tertiary/aromatic N) is 2. The van der Waals surface area contributed by atoms with Crippen molar-refractivity contribution in [2.75, 3.05) is 32.1 Å². The molecular formula is C14H20N2O2. The van der Waals surface area contributed by atoms with E-state index in [1.54, 1.807) is 12.1 Å². The van der Waals surface area contributed by atoms with E-state index in [9.17, 15) is 4.79 Å². The van der Waals surface area contributed by atoms with Gasteiger partial charge in [-0.3, -0.25) is 0 Å². The molecule has 1 aliphatic heterocycles. The Morgan fingerprint density at radius 2 is 2.06 bits per heavy atom. The summed E-state index contributed by atoms with van der Waals surface area (Å²) in [6.07, 6.45) is 2.42. The zero-order valence-corrected chi connectivity index (χ0v) is 11.0. The largest absolute Gasteiger partial charge is 0.478 e. The van der Waals surface area contributed by atoms with Gasteiger partial charge in [0.2, 0.25) is 0 Å². The van der Waals surface area contributed by atoms with E-state index in [0.29, 0.717) is 11.6 Å². The van der Waals surface area contributed by atoms with E-state index in [1.807, 2.05) is 12.1 Å². The molecule has 18 heavy (non-hydrogen) atoms. The third-order valence-corrected chi connectivity index (χ3v) is 3.67. The van der Waals surface area contributed by atoms with Crippen LogP contribution in [0.5, 0.6) is 0 Å². The maximum absolute atomic E-state index is 10.8. The number of likely N-dealkylation sites (N-methyl/N-ethyl adjacent to an activating group) is 2. The van der Waals surface area contributed by atoms with Crippen molar-refractivity contribution < 1.29 is 9.90 Å². The molecule has 1 N–H and O–H groups in total. The number of carboxylic acid groups (broad SMARTS) is 1. The van der Waals surface area contributed by atoms with Crippen molar-refractivity contribution in [1.82, 2.24) is 4.90 Å². The third-order valence-electron chi connectivity index (χ3n) is 3.67. The molecule has 1 atom stereocenters. The molecule has 0 bridgehead atoms. The summed E-state index contributed by atoms with van der Waals surface area (Å²) < 4.78 is 0. The number of hydrogen-bond donors (Lipinski definition) is 1. The molecule has 1 saturated heterocycles. The van der Waals surface area contributed by atoms with Gasteiger partial charge < -0.3 is 14.9 Å². The Hall–Kier alpha value is -1.55. The van der Waals surface area contributed by atoms with Crippen molar-refractivity contribution in [2.24, 2.45) is 0 Å². The fraction of sp³-hybridized carbons (Fsp3) is 0.500. The summed E-state index contributed by atoms with van der Waals surface area (Å²) in [5, 5.41) is 8.88. The second kappa shape index (κ2) is 5.40. The average molecular weight is 248 g/mol. The lowest BCUT2D eigenvalue weighted by Crippen LogP contribution is -2.45. The van der Waals surface area contributed by atoms with Crippen molar-refractivity contribution in [3.8, 4) is 0 Å². The van der Waals surface area contributed by atoms with Gasteiger partial charge in [-0.15, -0.1) is 0 Å². The molecule has 1 aromatic carbocycles. The highest BCUT2D eigenvalue weighted by molar-refractivity contribution is 5.88. The highest BCUT2D eigenvalue weighted by atomic mass is 16.4. The number of likely N-dealkylation sites (tertiary alicyclic amines) is 1. The lowest BCUT2D eigenvalue weighted by Gasteiger charge is -2.37. The zero-order valence-electron chi connectivity index (χ0n) is 11.0. The third kappa shape index (κ3) is 2.82. The molecule has 1 aromatic rings. The minimum absolute atomic E-state index is 0.341. The minimum Gasteiger partial charge on any atom is -0.478 e. The van der Waals surface area contributed by atoms with Crippen LogP contribution in [0.25, 0.3) is 0 Å². The average Bonchev–Trinajstić information content (AvgIpc) is 2.38. The predicted octanol–water partition coefficient (Wildman–Crippen LogP) is 1.92. The van der Waals surface area contributed by atoms with Crippen LogP contribution in [0.1, 0.15) is 23.2 Å². The number of benzene rings is 1. The molecule has 1 unspecified atom stereocenters. The number of piperidine rings is 1. The fourth-order valence-corrected chi connectivity index (χ4v) is 2.51. The Morgan fingerprint density at radius 3 is 2.61 bits per heavy atom. The molecule has 2 rings (SSSR count). The van der Waals surface area contributed by atoms with Crippen molar-refractivity contribution in [1.29, 1.82) is 0 Å². The van der Waals surface area contributed by atoms with Gasteiger partial charge >= 0.3 is 5.97 Å². The van der Waals surface area contributed by atoms with Crippen LogP contribution in [-0.2, 0) is 0 Å². The predicted molar refractivity (Wildman–Crippen MR) is 72.3 cm³/mol. The first kappa shape index (κ1) is 12.9. The molecule has 4 heteroatoms. The van der Waals surface area contributed by atoms with Crippen LogP contribution >= 0.6 is 0 Å². The normalized spacial score (nSPS) is 20.7. The molecule has 0 amide bonds. The Balaban J connectivity index is 2.08. The van der Waals surface area contributed by atoms with Gasteiger partial charge in [-0.1, -0.05) is 0 Å². The maximum atomic E-state index is 10.8. The van der Waals surface area contributed by atoms with Gasteiger partial charge in [0.1, 0.15) is 0 Å². The van der Waals surface area contributed by atoms with E-state index in [4.69, 9.17) is 5.11 Å². The molecule has 1 fully saturated rings. The van der Waals surface area contributed by atoms with E-state index >= 15 is 0 Å². The maximum Gasteiger partial charge on any atom is 0.335 e. The van der Waals surface area contributed by atoms with Crippen molar-refractivity contribution in [3.63, 3.8) is 0 Å². The van der Waals surface area contributed by atoms with Crippen LogP contribution in [0.4, 0.5) is 5.69 Å². The molecule has 1 heterocycles. The SMILES string of the molecule is CN1CCCC(N(C)c2ccc(C(=O)O)cc2)C1. The summed E-state index contributed by atoms with van der Waals surface area (Å²) in [7, 11) is 4.23. The minimum atomic E-state index is -0.874.